The van der Waals surface area contributed by atoms with E-state index in [4.69, 9.17) is 17.3 Å². The maximum atomic E-state index is 14.1. The van der Waals surface area contributed by atoms with Gasteiger partial charge in [0.25, 0.3) is 10.0 Å². The first-order valence-electron chi connectivity index (χ1n) is 6.06. The molecule has 0 bridgehead atoms. The molecule has 21 heavy (non-hydrogen) atoms. The summed E-state index contributed by atoms with van der Waals surface area (Å²) in [6.07, 6.45) is 0. The Hall–Kier alpha value is -1.79. The minimum atomic E-state index is -4.12. The summed E-state index contributed by atoms with van der Waals surface area (Å²) >= 11 is 5.98. The highest BCUT2D eigenvalue weighted by Gasteiger charge is 2.22. The quantitative estimate of drug-likeness (QED) is 0.847. The average Bonchev–Trinajstić information content (AvgIpc) is 2.38. The van der Waals surface area contributed by atoms with Crippen molar-refractivity contribution in [2.45, 2.75) is 18.7 Å². The number of nitrogen functional groups attached to an aromatic ring is 1. The van der Waals surface area contributed by atoms with Gasteiger partial charge in [-0.3, -0.25) is 4.72 Å². The largest absolute Gasteiger partial charge is 0.399 e. The number of nitrogens with two attached hydrogens (primary N) is 1. The van der Waals surface area contributed by atoms with Gasteiger partial charge < -0.3 is 5.73 Å². The molecule has 0 atom stereocenters. The highest BCUT2D eigenvalue weighted by molar-refractivity contribution is 7.92. The number of hydrogen-bond acceptors (Lipinski definition) is 3. The Morgan fingerprint density at radius 1 is 1.19 bits per heavy atom. The van der Waals surface area contributed by atoms with Crippen LogP contribution in [0.25, 0.3) is 0 Å². The Morgan fingerprint density at radius 3 is 2.48 bits per heavy atom. The number of halogens is 2. The zero-order valence-corrected chi connectivity index (χ0v) is 13.0. The lowest BCUT2D eigenvalue weighted by Gasteiger charge is -2.14. The van der Waals surface area contributed by atoms with Gasteiger partial charge in [-0.25, -0.2) is 12.8 Å². The lowest BCUT2D eigenvalue weighted by molar-refractivity contribution is 0.565. The van der Waals surface area contributed by atoms with Crippen LogP contribution in [0.15, 0.2) is 35.2 Å². The van der Waals surface area contributed by atoms with Crippen molar-refractivity contribution in [3.63, 3.8) is 0 Å². The maximum Gasteiger partial charge on any atom is 0.264 e. The van der Waals surface area contributed by atoms with Crippen LogP contribution in [0, 0.1) is 19.7 Å². The molecule has 2 aromatic rings. The lowest BCUT2D eigenvalue weighted by atomic mass is 10.2. The number of anilines is 2. The number of para-hydroxylation sites is 1. The smallest absolute Gasteiger partial charge is 0.264 e. The number of aryl methyl sites for hydroxylation is 2. The molecule has 7 heteroatoms. The van der Waals surface area contributed by atoms with E-state index in [9.17, 15) is 12.8 Å². The van der Waals surface area contributed by atoms with Crippen LogP contribution >= 0.6 is 11.6 Å². The minimum Gasteiger partial charge on any atom is -0.399 e. The van der Waals surface area contributed by atoms with Crippen molar-refractivity contribution in [2.24, 2.45) is 0 Å². The molecule has 0 aliphatic carbocycles. The summed E-state index contributed by atoms with van der Waals surface area (Å²) in [7, 11) is -4.12. The molecule has 0 saturated heterocycles. The van der Waals surface area contributed by atoms with Crippen LogP contribution in [0.1, 0.15) is 11.1 Å². The first-order valence-corrected chi connectivity index (χ1v) is 7.92. The van der Waals surface area contributed by atoms with Gasteiger partial charge in [-0.15, -0.1) is 0 Å². The number of hydrogen-bond donors (Lipinski definition) is 2. The van der Waals surface area contributed by atoms with Crippen molar-refractivity contribution in [3.8, 4) is 0 Å². The number of sulfonamides is 1. The number of benzene rings is 2. The highest BCUT2D eigenvalue weighted by Crippen LogP contribution is 2.29. The van der Waals surface area contributed by atoms with Gasteiger partial charge in [-0.05, 0) is 43.2 Å². The molecule has 0 saturated carbocycles. The zero-order chi connectivity index (χ0) is 15.8. The summed E-state index contributed by atoms with van der Waals surface area (Å²) in [5.41, 5.74) is 6.78. The van der Waals surface area contributed by atoms with E-state index in [1.54, 1.807) is 25.1 Å². The first-order chi connectivity index (χ1) is 9.72. The molecule has 0 fully saturated rings. The van der Waals surface area contributed by atoms with Crippen LogP contribution in [0.5, 0.6) is 0 Å². The molecular weight excluding hydrogens is 315 g/mol. The Kier molecular flexibility index (Phi) is 4.11. The SMILES string of the molecule is Cc1cc(N)cc(S(=O)(=O)Nc2c(C)cccc2Cl)c1F. The van der Waals surface area contributed by atoms with Gasteiger partial charge in [0.05, 0.1) is 10.7 Å². The van der Waals surface area contributed by atoms with Crippen LogP contribution in [0.4, 0.5) is 15.8 Å². The van der Waals surface area contributed by atoms with Crippen LogP contribution in [-0.2, 0) is 10.0 Å². The van der Waals surface area contributed by atoms with E-state index in [-0.39, 0.29) is 22.0 Å². The summed E-state index contributed by atoms with van der Waals surface area (Å²) in [6, 6.07) is 7.39. The molecular formula is C14H14ClFN2O2S. The molecule has 0 aromatic heterocycles. The number of nitrogens with one attached hydrogen (secondary N) is 1. The van der Waals surface area contributed by atoms with Gasteiger partial charge in [0, 0.05) is 5.69 Å². The van der Waals surface area contributed by atoms with Crippen molar-refractivity contribution in [1.29, 1.82) is 0 Å². The Morgan fingerprint density at radius 2 is 1.86 bits per heavy atom. The van der Waals surface area contributed by atoms with E-state index in [0.29, 0.717) is 5.56 Å². The molecule has 112 valence electrons. The fourth-order valence-corrected chi connectivity index (χ4v) is 3.57. The van der Waals surface area contributed by atoms with Crippen molar-refractivity contribution >= 4 is 33.0 Å². The van der Waals surface area contributed by atoms with Crippen molar-refractivity contribution < 1.29 is 12.8 Å². The van der Waals surface area contributed by atoms with E-state index in [1.807, 2.05) is 0 Å². The zero-order valence-electron chi connectivity index (χ0n) is 11.4. The molecule has 3 N–H and O–H groups in total. The second-order valence-electron chi connectivity index (χ2n) is 4.69. The summed E-state index contributed by atoms with van der Waals surface area (Å²) < 4.78 is 41.1. The average molecular weight is 329 g/mol. The van der Waals surface area contributed by atoms with Gasteiger partial charge >= 0.3 is 0 Å². The topological polar surface area (TPSA) is 72.2 Å². The molecule has 0 unspecified atom stereocenters. The van der Waals surface area contributed by atoms with E-state index in [0.717, 1.165) is 6.07 Å². The predicted octanol–water partition coefficient (Wildman–Crippen LogP) is 3.48. The summed E-state index contributed by atoms with van der Waals surface area (Å²) in [4.78, 5) is -0.501. The van der Waals surface area contributed by atoms with E-state index in [1.165, 1.54) is 13.0 Å². The molecule has 0 heterocycles. The molecule has 2 rings (SSSR count). The predicted molar refractivity (Wildman–Crippen MR) is 82.5 cm³/mol. The molecule has 0 aliphatic heterocycles. The molecule has 0 aliphatic rings. The first kappa shape index (κ1) is 15.6. The fourth-order valence-electron chi connectivity index (χ4n) is 1.91. The van der Waals surface area contributed by atoms with E-state index in [2.05, 4.69) is 4.72 Å². The molecule has 4 nitrogen and oxygen atoms in total. The molecule has 0 spiro atoms. The van der Waals surface area contributed by atoms with Gasteiger partial charge in [-0.1, -0.05) is 23.7 Å². The third kappa shape index (κ3) is 3.11. The Bertz CT molecular complexity index is 787. The Labute approximate surface area is 127 Å². The third-order valence-electron chi connectivity index (χ3n) is 2.99. The van der Waals surface area contributed by atoms with Crippen molar-refractivity contribution in [2.75, 3.05) is 10.5 Å². The molecule has 0 amide bonds. The van der Waals surface area contributed by atoms with Gasteiger partial charge in [0.1, 0.15) is 10.7 Å². The van der Waals surface area contributed by atoms with Gasteiger partial charge in [-0.2, -0.15) is 0 Å². The van der Waals surface area contributed by atoms with Gasteiger partial charge in [0.2, 0.25) is 0 Å². The molecule has 0 radical (unpaired) electrons. The fraction of sp³-hybridized carbons (Fsp3) is 0.143. The third-order valence-corrected chi connectivity index (χ3v) is 4.66. The maximum absolute atomic E-state index is 14.1. The summed E-state index contributed by atoms with van der Waals surface area (Å²) in [5.74, 6) is -0.832. The van der Waals surface area contributed by atoms with Crippen molar-refractivity contribution in [3.05, 3.63) is 52.3 Å². The van der Waals surface area contributed by atoms with Crippen LogP contribution in [0.3, 0.4) is 0 Å². The highest BCUT2D eigenvalue weighted by atomic mass is 35.5. The standard InChI is InChI=1S/C14H14ClFN2O2S/c1-8-4-3-5-11(15)14(8)18-21(19,20)12-7-10(17)6-9(2)13(12)16/h3-7,18H,17H2,1-2H3. The minimum absolute atomic E-state index is 0.159. The summed E-state index contributed by atoms with van der Waals surface area (Å²) in [5, 5.41) is 0.236. The normalized spacial score (nSPS) is 11.4. The number of rotatable bonds is 3. The van der Waals surface area contributed by atoms with Crippen LogP contribution < -0.4 is 10.5 Å². The monoisotopic (exact) mass is 328 g/mol. The van der Waals surface area contributed by atoms with E-state index >= 15 is 0 Å². The lowest BCUT2D eigenvalue weighted by Crippen LogP contribution is -2.16. The van der Waals surface area contributed by atoms with Crippen LogP contribution in [0.2, 0.25) is 5.02 Å². The van der Waals surface area contributed by atoms with Gasteiger partial charge in [0.15, 0.2) is 0 Å². The second-order valence-corrected chi connectivity index (χ2v) is 6.75. The molecule has 2 aromatic carbocycles. The summed E-state index contributed by atoms with van der Waals surface area (Å²) in [6.45, 7) is 3.15. The van der Waals surface area contributed by atoms with E-state index < -0.39 is 20.7 Å². The van der Waals surface area contributed by atoms with Crippen LogP contribution in [-0.4, -0.2) is 8.42 Å². The second kappa shape index (κ2) is 5.54. The van der Waals surface area contributed by atoms with Crippen molar-refractivity contribution in [1.82, 2.24) is 0 Å². The Balaban J connectivity index is 2.54.